The van der Waals surface area contributed by atoms with Gasteiger partial charge in [0.1, 0.15) is 18.0 Å². The number of ether oxygens (including phenoxy) is 1. The Labute approximate surface area is 113 Å². The maximum atomic E-state index is 11.1. The van der Waals surface area contributed by atoms with Gasteiger partial charge in [0, 0.05) is 5.75 Å². The zero-order chi connectivity index (χ0) is 14.2. The molecule has 0 bridgehead atoms. The molecule has 19 heavy (non-hydrogen) atoms. The smallest absolute Gasteiger partial charge is 0.271 e. The Morgan fingerprint density at radius 2 is 2.26 bits per heavy atom. The highest BCUT2D eigenvalue weighted by Gasteiger charge is 2.44. The third-order valence-electron chi connectivity index (χ3n) is 3.01. The first-order chi connectivity index (χ1) is 8.97. The molecule has 0 radical (unpaired) electrons. The Morgan fingerprint density at radius 3 is 2.79 bits per heavy atom. The molecule has 4 atom stereocenters. The number of rotatable bonds is 4. The van der Waals surface area contributed by atoms with Crippen LogP contribution in [0.15, 0.2) is 6.33 Å². The molecule has 2 rings (SSSR count). The molecule has 2 heterocycles. The molecule has 0 unspecified atom stereocenters. The second kappa shape index (κ2) is 5.37. The Kier molecular flexibility index (Phi) is 3.99. The number of nitrogens with zero attached hydrogens (tertiary/aromatic N) is 2. The molecule has 8 nitrogen and oxygen atoms in total. The fourth-order valence-corrected chi connectivity index (χ4v) is 2.63. The Bertz CT molecular complexity index is 480. The molecular weight excluding hydrogens is 272 g/mol. The van der Waals surface area contributed by atoms with Gasteiger partial charge < -0.3 is 26.4 Å². The second-order valence-electron chi connectivity index (χ2n) is 4.25. The van der Waals surface area contributed by atoms with Crippen molar-refractivity contribution in [3.63, 3.8) is 0 Å². The summed E-state index contributed by atoms with van der Waals surface area (Å²) in [5.74, 6) is -0.218. The molecule has 1 aliphatic rings. The van der Waals surface area contributed by atoms with Crippen molar-refractivity contribution in [2.75, 3.05) is 17.7 Å². The highest BCUT2D eigenvalue weighted by molar-refractivity contribution is 7.98. The van der Waals surface area contributed by atoms with Gasteiger partial charge in [0.15, 0.2) is 11.9 Å². The van der Waals surface area contributed by atoms with E-state index in [4.69, 9.17) is 16.2 Å². The molecule has 106 valence electrons. The maximum absolute atomic E-state index is 11.1. The van der Waals surface area contributed by atoms with Crippen molar-refractivity contribution < 1.29 is 19.7 Å². The highest BCUT2D eigenvalue weighted by atomic mass is 32.2. The molecule has 1 aromatic rings. The number of nitrogen functional groups attached to an aromatic ring is 1. The van der Waals surface area contributed by atoms with Gasteiger partial charge in [-0.25, -0.2) is 4.98 Å². The van der Waals surface area contributed by atoms with Crippen LogP contribution in [0.1, 0.15) is 16.7 Å². The number of primary amides is 1. The zero-order valence-electron chi connectivity index (χ0n) is 10.3. The van der Waals surface area contributed by atoms with Crippen molar-refractivity contribution in [3.8, 4) is 0 Å². The summed E-state index contributed by atoms with van der Waals surface area (Å²) >= 11 is 1.49. The van der Waals surface area contributed by atoms with Crippen LogP contribution in [0, 0.1) is 0 Å². The van der Waals surface area contributed by atoms with E-state index < -0.39 is 30.4 Å². The SMILES string of the molecule is CSC[C@H]1O[C@@H](n2cnc(C(N)=O)c2N)[C@H](O)[C@@H]1O. The van der Waals surface area contributed by atoms with Crippen LogP contribution in [-0.2, 0) is 4.74 Å². The van der Waals surface area contributed by atoms with Crippen molar-refractivity contribution in [3.05, 3.63) is 12.0 Å². The van der Waals surface area contributed by atoms with Crippen molar-refractivity contribution >= 4 is 23.5 Å². The van der Waals surface area contributed by atoms with E-state index >= 15 is 0 Å². The monoisotopic (exact) mass is 288 g/mol. The lowest BCUT2D eigenvalue weighted by Gasteiger charge is -2.17. The van der Waals surface area contributed by atoms with Crippen LogP contribution >= 0.6 is 11.8 Å². The average Bonchev–Trinajstić information content (AvgIpc) is 2.85. The molecule has 0 spiro atoms. The molecule has 6 N–H and O–H groups in total. The summed E-state index contributed by atoms with van der Waals surface area (Å²) in [6.07, 6.45) is -0.420. The number of carbonyl (C=O) groups excluding carboxylic acids is 1. The number of hydrogen-bond donors (Lipinski definition) is 4. The molecule has 1 aliphatic heterocycles. The van der Waals surface area contributed by atoms with Gasteiger partial charge in [0.05, 0.1) is 12.4 Å². The minimum absolute atomic E-state index is 0.00792. The van der Waals surface area contributed by atoms with E-state index in [-0.39, 0.29) is 11.5 Å². The predicted octanol–water partition coefficient (Wildman–Crippen LogP) is -1.45. The third kappa shape index (κ3) is 2.41. The number of anilines is 1. The van der Waals surface area contributed by atoms with Gasteiger partial charge in [-0.1, -0.05) is 0 Å². The van der Waals surface area contributed by atoms with Crippen LogP contribution in [0.4, 0.5) is 5.82 Å². The number of thioether (sulfide) groups is 1. The molecular formula is C10H16N4O4S. The van der Waals surface area contributed by atoms with E-state index in [0.29, 0.717) is 5.75 Å². The lowest BCUT2D eigenvalue weighted by Crippen LogP contribution is -2.32. The first kappa shape index (κ1) is 14.1. The predicted molar refractivity (Wildman–Crippen MR) is 69.5 cm³/mol. The number of imidazole rings is 1. The maximum Gasteiger partial charge on any atom is 0.271 e. The van der Waals surface area contributed by atoms with Crippen LogP contribution in [0.5, 0.6) is 0 Å². The lowest BCUT2D eigenvalue weighted by molar-refractivity contribution is -0.0298. The normalized spacial score (nSPS) is 30.7. The summed E-state index contributed by atoms with van der Waals surface area (Å²) in [5, 5.41) is 19.8. The van der Waals surface area contributed by atoms with E-state index in [2.05, 4.69) is 4.98 Å². The van der Waals surface area contributed by atoms with E-state index in [0.717, 1.165) is 0 Å². The number of carbonyl (C=O) groups is 1. The molecule has 0 aromatic carbocycles. The molecule has 1 fully saturated rings. The van der Waals surface area contributed by atoms with Gasteiger partial charge in [-0.05, 0) is 6.26 Å². The van der Waals surface area contributed by atoms with Crippen LogP contribution < -0.4 is 11.5 Å². The first-order valence-electron chi connectivity index (χ1n) is 5.60. The first-order valence-corrected chi connectivity index (χ1v) is 6.99. The Hall–Kier alpha value is -1.29. The quantitative estimate of drug-likeness (QED) is 0.531. The molecule has 0 aliphatic carbocycles. The second-order valence-corrected chi connectivity index (χ2v) is 5.16. The number of amides is 1. The van der Waals surface area contributed by atoms with Gasteiger partial charge in [0.2, 0.25) is 0 Å². The number of hydrogen-bond acceptors (Lipinski definition) is 7. The van der Waals surface area contributed by atoms with Crippen LogP contribution in [-0.4, -0.2) is 56.0 Å². The Balaban J connectivity index is 2.25. The van der Waals surface area contributed by atoms with Gasteiger partial charge in [0.25, 0.3) is 5.91 Å². The molecule has 1 saturated heterocycles. The Morgan fingerprint density at radius 1 is 1.58 bits per heavy atom. The summed E-state index contributed by atoms with van der Waals surface area (Å²) in [5.41, 5.74) is 10.8. The van der Waals surface area contributed by atoms with Gasteiger partial charge in [-0.2, -0.15) is 11.8 Å². The average molecular weight is 288 g/mol. The van der Waals surface area contributed by atoms with E-state index in [1.54, 1.807) is 0 Å². The van der Waals surface area contributed by atoms with E-state index in [9.17, 15) is 15.0 Å². The summed E-state index contributed by atoms with van der Waals surface area (Å²) in [6, 6.07) is 0. The van der Waals surface area contributed by atoms with Crippen molar-refractivity contribution in [1.29, 1.82) is 0 Å². The topological polar surface area (TPSA) is 137 Å². The molecule has 1 aromatic heterocycles. The lowest BCUT2D eigenvalue weighted by atomic mass is 10.1. The zero-order valence-corrected chi connectivity index (χ0v) is 11.1. The van der Waals surface area contributed by atoms with Gasteiger partial charge in [-0.15, -0.1) is 0 Å². The fraction of sp³-hybridized carbons (Fsp3) is 0.600. The van der Waals surface area contributed by atoms with Crippen LogP contribution in [0.3, 0.4) is 0 Å². The van der Waals surface area contributed by atoms with Crippen LogP contribution in [0.2, 0.25) is 0 Å². The van der Waals surface area contributed by atoms with E-state index in [1.165, 1.54) is 22.7 Å². The van der Waals surface area contributed by atoms with Gasteiger partial charge >= 0.3 is 0 Å². The molecule has 9 heteroatoms. The summed E-state index contributed by atoms with van der Waals surface area (Å²) in [4.78, 5) is 14.8. The largest absolute Gasteiger partial charge is 0.387 e. The highest BCUT2D eigenvalue weighted by Crippen LogP contribution is 2.32. The number of aliphatic hydroxyl groups is 2. The summed E-state index contributed by atoms with van der Waals surface area (Å²) in [6.45, 7) is 0. The van der Waals surface area contributed by atoms with Crippen molar-refractivity contribution in [1.82, 2.24) is 9.55 Å². The minimum Gasteiger partial charge on any atom is -0.387 e. The number of aliphatic hydroxyl groups excluding tert-OH is 2. The van der Waals surface area contributed by atoms with Gasteiger partial charge in [-0.3, -0.25) is 9.36 Å². The van der Waals surface area contributed by atoms with Crippen molar-refractivity contribution in [2.24, 2.45) is 5.73 Å². The van der Waals surface area contributed by atoms with Crippen molar-refractivity contribution in [2.45, 2.75) is 24.5 Å². The van der Waals surface area contributed by atoms with Crippen LogP contribution in [0.25, 0.3) is 0 Å². The fourth-order valence-electron chi connectivity index (χ4n) is 2.02. The number of nitrogens with two attached hydrogens (primary N) is 2. The molecule has 1 amide bonds. The third-order valence-corrected chi connectivity index (χ3v) is 3.67. The summed E-state index contributed by atoms with van der Waals surface area (Å²) in [7, 11) is 0. The van der Waals surface area contributed by atoms with E-state index in [1.807, 2.05) is 6.26 Å². The standard InChI is InChI=1S/C10H16N4O4S/c1-19-2-4-6(15)7(16)10(18-4)14-3-13-5(8(14)11)9(12)17/h3-4,6-7,10,15-16H,2,11H2,1H3,(H2,12,17)/t4-,6-,7-,10-/m1/s1. The minimum atomic E-state index is -1.14. The number of aromatic nitrogens is 2. The summed E-state index contributed by atoms with van der Waals surface area (Å²) < 4.78 is 6.86. The molecule has 0 saturated carbocycles.